The third-order valence-electron chi connectivity index (χ3n) is 3.18. The molecule has 2 unspecified atom stereocenters. The minimum atomic E-state index is -0.255. The van der Waals surface area contributed by atoms with Gasteiger partial charge in [0.25, 0.3) is 0 Å². The summed E-state index contributed by atoms with van der Waals surface area (Å²) in [6.45, 7) is 4.38. The molecule has 0 aliphatic carbocycles. The molecule has 1 aliphatic heterocycles. The zero-order valence-corrected chi connectivity index (χ0v) is 9.43. The monoisotopic (exact) mass is 223 g/mol. The van der Waals surface area contributed by atoms with E-state index in [-0.39, 0.29) is 6.10 Å². The van der Waals surface area contributed by atoms with Crippen molar-refractivity contribution < 1.29 is 14.3 Å². The molecular formula is C12H17NO3. The summed E-state index contributed by atoms with van der Waals surface area (Å²) in [6.07, 6.45) is 1.45. The standard InChI is InChI=1S/C12H17NO3/c1-9-4-5-13(7-12(9)15)6-10-2-3-11(8-14)16-10/h2-3,8-9,12,15H,4-7H2,1H3. The summed E-state index contributed by atoms with van der Waals surface area (Å²) in [5.74, 6) is 1.52. The van der Waals surface area contributed by atoms with Crippen molar-refractivity contribution in [3.8, 4) is 0 Å². The Kier molecular flexibility index (Phi) is 3.41. The highest BCUT2D eigenvalue weighted by atomic mass is 16.3. The van der Waals surface area contributed by atoms with Gasteiger partial charge in [0.05, 0.1) is 12.6 Å². The van der Waals surface area contributed by atoms with E-state index in [1.165, 1.54) is 0 Å². The average molecular weight is 223 g/mol. The van der Waals surface area contributed by atoms with Crippen LogP contribution in [0.1, 0.15) is 29.7 Å². The van der Waals surface area contributed by atoms with Gasteiger partial charge < -0.3 is 9.52 Å². The molecule has 2 rings (SSSR count). The third kappa shape index (κ3) is 2.51. The molecule has 1 N–H and O–H groups in total. The molecule has 0 saturated carbocycles. The van der Waals surface area contributed by atoms with Crippen molar-refractivity contribution in [2.24, 2.45) is 5.92 Å². The van der Waals surface area contributed by atoms with Gasteiger partial charge in [-0.3, -0.25) is 9.69 Å². The SMILES string of the molecule is CC1CCN(Cc2ccc(C=O)o2)CC1O. The number of piperidine rings is 1. The Labute approximate surface area is 94.9 Å². The number of aliphatic hydroxyl groups is 1. The van der Waals surface area contributed by atoms with Crippen molar-refractivity contribution in [2.75, 3.05) is 13.1 Å². The summed E-state index contributed by atoms with van der Waals surface area (Å²) in [7, 11) is 0. The van der Waals surface area contributed by atoms with Crippen LogP contribution in [-0.4, -0.2) is 35.5 Å². The molecule has 2 heterocycles. The fraction of sp³-hybridized carbons (Fsp3) is 0.583. The maximum atomic E-state index is 10.5. The van der Waals surface area contributed by atoms with E-state index in [4.69, 9.17) is 4.42 Å². The summed E-state index contributed by atoms with van der Waals surface area (Å²) in [6, 6.07) is 3.49. The van der Waals surface area contributed by atoms with Gasteiger partial charge in [-0.2, -0.15) is 0 Å². The number of aldehydes is 1. The lowest BCUT2D eigenvalue weighted by Gasteiger charge is -2.33. The number of β-amino-alcohol motifs (C(OH)–C–C–N with tert-alkyl or cyclic N) is 1. The molecular weight excluding hydrogens is 206 g/mol. The summed E-state index contributed by atoms with van der Waals surface area (Å²) >= 11 is 0. The van der Waals surface area contributed by atoms with E-state index < -0.39 is 0 Å². The van der Waals surface area contributed by atoms with Crippen LogP contribution in [0.15, 0.2) is 16.5 Å². The van der Waals surface area contributed by atoms with Gasteiger partial charge >= 0.3 is 0 Å². The first kappa shape index (κ1) is 11.4. The first-order chi connectivity index (χ1) is 7.69. The van der Waals surface area contributed by atoms with Crippen LogP contribution in [0.2, 0.25) is 0 Å². The van der Waals surface area contributed by atoms with Crippen molar-refractivity contribution in [1.82, 2.24) is 4.90 Å². The molecule has 88 valence electrons. The summed E-state index contributed by atoms with van der Waals surface area (Å²) in [4.78, 5) is 12.6. The van der Waals surface area contributed by atoms with Crippen LogP contribution in [0.3, 0.4) is 0 Å². The Morgan fingerprint density at radius 1 is 1.62 bits per heavy atom. The minimum Gasteiger partial charge on any atom is -0.457 e. The Morgan fingerprint density at radius 3 is 3.06 bits per heavy atom. The number of carbonyl (C=O) groups is 1. The van der Waals surface area contributed by atoms with Gasteiger partial charge in [-0.1, -0.05) is 6.92 Å². The number of hydrogen-bond acceptors (Lipinski definition) is 4. The van der Waals surface area contributed by atoms with Gasteiger partial charge in [0.1, 0.15) is 5.76 Å². The minimum absolute atomic E-state index is 0.255. The van der Waals surface area contributed by atoms with Crippen molar-refractivity contribution >= 4 is 6.29 Å². The molecule has 0 bridgehead atoms. The topological polar surface area (TPSA) is 53.7 Å². The molecule has 0 amide bonds. The van der Waals surface area contributed by atoms with Crippen molar-refractivity contribution in [2.45, 2.75) is 26.0 Å². The van der Waals surface area contributed by atoms with Gasteiger partial charge in [-0.05, 0) is 31.0 Å². The number of furan rings is 1. The van der Waals surface area contributed by atoms with Crippen LogP contribution in [0.4, 0.5) is 0 Å². The lowest BCUT2D eigenvalue weighted by atomic mass is 9.96. The van der Waals surface area contributed by atoms with Crippen molar-refractivity contribution in [1.29, 1.82) is 0 Å². The lowest BCUT2D eigenvalue weighted by molar-refractivity contribution is 0.0233. The zero-order valence-electron chi connectivity index (χ0n) is 9.43. The molecule has 1 aromatic heterocycles. The molecule has 0 spiro atoms. The van der Waals surface area contributed by atoms with E-state index in [9.17, 15) is 9.90 Å². The van der Waals surface area contributed by atoms with Crippen LogP contribution in [0.5, 0.6) is 0 Å². The molecule has 4 heteroatoms. The van der Waals surface area contributed by atoms with E-state index >= 15 is 0 Å². The number of likely N-dealkylation sites (tertiary alicyclic amines) is 1. The smallest absolute Gasteiger partial charge is 0.185 e. The molecule has 0 radical (unpaired) electrons. The molecule has 16 heavy (non-hydrogen) atoms. The predicted octanol–water partition coefficient (Wildman–Crippen LogP) is 1.29. The molecule has 1 aliphatic rings. The summed E-state index contributed by atoms with van der Waals surface area (Å²) < 4.78 is 5.31. The van der Waals surface area contributed by atoms with Crippen LogP contribution in [-0.2, 0) is 6.54 Å². The summed E-state index contributed by atoms with van der Waals surface area (Å²) in [5, 5.41) is 9.75. The largest absolute Gasteiger partial charge is 0.457 e. The first-order valence-electron chi connectivity index (χ1n) is 5.63. The Hall–Kier alpha value is -1.13. The zero-order chi connectivity index (χ0) is 11.5. The lowest BCUT2D eigenvalue weighted by Crippen LogP contribution is -2.42. The first-order valence-corrected chi connectivity index (χ1v) is 5.63. The fourth-order valence-corrected chi connectivity index (χ4v) is 2.02. The van der Waals surface area contributed by atoms with Crippen LogP contribution >= 0.6 is 0 Å². The number of rotatable bonds is 3. The maximum absolute atomic E-state index is 10.5. The maximum Gasteiger partial charge on any atom is 0.185 e. The average Bonchev–Trinajstić information content (AvgIpc) is 2.71. The second-order valence-corrected chi connectivity index (χ2v) is 4.49. The highest BCUT2D eigenvalue weighted by Gasteiger charge is 2.24. The van der Waals surface area contributed by atoms with Crippen molar-refractivity contribution in [3.05, 3.63) is 23.7 Å². The van der Waals surface area contributed by atoms with Crippen LogP contribution in [0, 0.1) is 5.92 Å². The highest BCUT2D eigenvalue weighted by Crippen LogP contribution is 2.19. The van der Waals surface area contributed by atoms with Gasteiger partial charge in [0, 0.05) is 6.54 Å². The van der Waals surface area contributed by atoms with Crippen LogP contribution < -0.4 is 0 Å². The van der Waals surface area contributed by atoms with E-state index in [0.717, 1.165) is 18.7 Å². The normalized spacial score (nSPS) is 26.9. The van der Waals surface area contributed by atoms with E-state index in [0.29, 0.717) is 31.1 Å². The Bertz CT molecular complexity index is 361. The second kappa shape index (κ2) is 4.80. The number of hydrogen-bond donors (Lipinski definition) is 1. The van der Waals surface area contributed by atoms with Crippen molar-refractivity contribution in [3.63, 3.8) is 0 Å². The quantitative estimate of drug-likeness (QED) is 0.785. The fourth-order valence-electron chi connectivity index (χ4n) is 2.02. The van der Waals surface area contributed by atoms with E-state index in [1.54, 1.807) is 6.07 Å². The van der Waals surface area contributed by atoms with Crippen LogP contribution in [0.25, 0.3) is 0 Å². The number of nitrogens with zero attached hydrogens (tertiary/aromatic N) is 1. The van der Waals surface area contributed by atoms with Gasteiger partial charge in [0.15, 0.2) is 12.0 Å². The number of carbonyl (C=O) groups excluding carboxylic acids is 1. The summed E-state index contributed by atoms with van der Waals surface area (Å²) in [5.41, 5.74) is 0. The number of aliphatic hydroxyl groups excluding tert-OH is 1. The van der Waals surface area contributed by atoms with Gasteiger partial charge in [-0.25, -0.2) is 0 Å². The molecule has 2 atom stereocenters. The van der Waals surface area contributed by atoms with E-state index in [2.05, 4.69) is 11.8 Å². The third-order valence-corrected chi connectivity index (χ3v) is 3.18. The second-order valence-electron chi connectivity index (χ2n) is 4.49. The molecule has 0 aromatic carbocycles. The predicted molar refractivity (Wildman–Crippen MR) is 59.2 cm³/mol. The Balaban J connectivity index is 1.92. The molecule has 4 nitrogen and oxygen atoms in total. The molecule has 1 aromatic rings. The van der Waals surface area contributed by atoms with E-state index in [1.807, 2.05) is 6.07 Å². The Morgan fingerprint density at radius 2 is 2.44 bits per heavy atom. The molecule has 1 fully saturated rings. The van der Waals surface area contributed by atoms with Gasteiger partial charge in [-0.15, -0.1) is 0 Å². The molecule has 1 saturated heterocycles. The van der Waals surface area contributed by atoms with Gasteiger partial charge in [0.2, 0.25) is 0 Å². The highest BCUT2D eigenvalue weighted by molar-refractivity contribution is 5.70.